The fourth-order valence-electron chi connectivity index (χ4n) is 3.75. The molecule has 1 aromatic heterocycles. The summed E-state index contributed by atoms with van der Waals surface area (Å²) in [6.45, 7) is 1.67. The lowest BCUT2D eigenvalue weighted by Crippen LogP contribution is -2.49. The molecule has 0 aliphatic carbocycles. The van der Waals surface area contributed by atoms with Crippen molar-refractivity contribution in [1.82, 2.24) is 9.88 Å². The molecule has 0 radical (unpaired) electrons. The van der Waals surface area contributed by atoms with E-state index in [-0.39, 0.29) is 46.7 Å². The molecule has 0 bridgehead atoms. The number of piperazine rings is 1. The van der Waals surface area contributed by atoms with Gasteiger partial charge in [-0.3, -0.25) is 14.9 Å². The molecule has 1 fully saturated rings. The summed E-state index contributed by atoms with van der Waals surface area (Å²) < 4.78 is 33.3. The molecule has 1 aliphatic rings. The van der Waals surface area contributed by atoms with Gasteiger partial charge in [-0.05, 0) is 24.3 Å². The van der Waals surface area contributed by atoms with Gasteiger partial charge in [0.05, 0.1) is 16.7 Å². The van der Waals surface area contributed by atoms with Crippen molar-refractivity contribution in [2.24, 2.45) is 0 Å². The van der Waals surface area contributed by atoms with E-state index in [0.717, 1.165) is 12.1 Å². The fourth-order valence-corrected chi connectivity index (χ4v) is 3.92. The van der Waals surface area contributed by atoms with Gasteiger partial charge in [0.1, 0.15) is 17.3 Å². The first-order valence-corrected chi connectivity index (χ1v) is 10.6. The largest absolute Gasteiger partial charge is 0.441 e. The Hall–Kier alpha value is -3.53. The maximum Gasteiger partial charge on any atom is 0.294 e. The number of aromatic nitrogens is 1. The van der Waals surface area contributed by atoms with Gasteiger partial charge >= 0.3 is 0 Å². The maximum absolute atomic E-state index is 13.9. The second-order valence-corrected chi connectivity index (χ2v) is 7.91. The van der Waals surface area contributed by atoms with Crippen molar-refractivity contribution in [1.29, 1.82) is 0 Å². The first-order chi connectivity index (χ1) is 15.8. The Labute approximate surface area is 192 Å². The van der Waals surface area contributed by atoms with E-state index in [1.54, 1.807) is 17.0 Å². The number of hydrogen-bond donors (Lipinski definition) is 0. The Morgan fingerprint density at radius 2 is 1.85 bits per heavy atom. The van der Waals surface area contributed by atoms with Gasteiger partial charge in [0.2, 0.25) is 5.91 Å². The molecule has 8 nitrogen and oxygen atoms in total. The highest BCUT2D eigenvalue weighted by molar-refractivity contribution is 6.30. The average Bonchev–Trinajstić information content (AvgIpc) is 3.26. The van der Waals surface area contributed by atoms with Crippen molar-refractivity contribution in [3.63, 3.8) is 0 Å². The van der Waals surface area contributed by atoms with Crippen molar-refractivity contribution < 1.29 is 22.9 Å². The number of nitro benzene ring substituents is 1. The van der Waals surface area contributed by atoms with Gasteiger partial charge in [-0.1, -0.05) is 17.7 Å². The predicted octanol–water partition coefficient (Wildman–Crippen LogP) is 4.46. The van der Waals surface area contributed by atoms with Crippen LogP contribution in [0.3, 0.4) is 0 Å². The predicted molar refractivity (Wildman–Crippen MR) is 117 cm³/mol. The highest BCUT2D eigenvalue weighted by atomic mass is 35.5. The number of halogens is 3. The van der Waals surface area contributed by atoms with Crippen molar-refractivity contribution in [3.05, 3.63) is 75.3 Å². The van der Waals surface area contributed by atoms with Crippen LogP contribution in [0.4, 0.5) is 20.2 Å². The highest BCUT2D eigenvalue weighted by Gasteiger charge is 2.26. The molecule has 172 valence electrons. The molecule has 0 spiro atoms. The molecule has 1 aliphatic heterocycles. The smallest absolute Gasteiger partial charge is 0.294 e. The molecule has 4 rings (SSSR count). The van der Waals surface area contributed by atoms with E-state index in [1.807, 2.05) is 4.90 Å². The molecule has 11 heteroatoms. The standard InChI is InChI=1S/C22H19ClF2N4O4/c23-14-4-5-17(18(12-14)29(31)32)27-8-10-28(11-9-27)21(30)7-6-20-26-13-19(33-20)22-15(24)2-1-3-16(22)25/h1-5,12-13H,6-11H2. The minimum absolute atomic E-state index is 0.0359. The number of carbonyl (C=O) groups is 1. The molecule has 33 heavy (non-hydrogen) atoms. The van der Waals surface area contributed by atoms with E-state index in [2.05, 4.69) is 4.98 Å². The van der Waals surface area contributed by atoms with Gasteiger partial charge in [-0.2, -0.15) is 0 Å². The Kier molecular flexibility index (Phi) is 6.55. The van der Waals surface area contributed by atoms with Crippen LogP contribution >= 0.6 is 11.6 Å². The number of nitro groups is 1. The number of anilines is 1. The number of oxazole rings is 1. The van der Waals surface area contributed by atoms with Crippen LogP contribution < -0.4 is 4.90 Å². The van der Waals surface area contributed by atoms with Crippen molar-refractivity contribution >= 4 is 28.9 Å². The lowest BCUT2D eigenvalue weighted by molar-refractivity contribution is -0.384. The minimum atomic E-state index is -0.757. The topological polar surface area (TPSA) is 92.7 Å². The zero-order valence-corrected chi connectivity index (χ0v) is 18.1. The molecule has 2 aromatic carbocycles. The first kappa shape index (κ1) is 22.7. The van der Waals surface area contributed by atoms with Gasteiger partial charge in [-0.15, -0.1) is 0 Å². The zero-order chi connectivity index (χ0) is 23.5. The molecule has 1 saturated heterocycles. The van der Waals surface area contributed by atoms with E-state index in [9.17, 15) is 23.7 Å². The molecule has 0 unspecified atom stereocenters. The van der Waals surface area contributed by atoms with E-state index < -0.39 is 16.6 Å². The van der Waals surface area contributed by atoms with Crippen molar-refractivity contribution in [3.8, 4) is 11.3 Å². The van der Waals surface area contributed by atoms with Gasteiger partial charge in [0.15, 0.2) is 11.7 Å². The Bertz CT molecular complexity index is 1170. The van der Waals surface area contributed by atoms with Gasteiger partial charge in [0.25, 0.3) is 5.69 Å². The van der Waals surface area contributed by atoms with Crippen LogP contribution in [-0.2, 0) is 11.2 Å². The van der Waals surface area contributed by atoms with Crippen molar-refractivity contribution in [2.75, 3.05) is 31.1 Å². The summed E-state index contributed by atoms with van der Waals surface area (Å²) in [6, 6.07) is 8.03. The number of carbonyl (C=O) groups excluding carboxylic acids is 1. The monoisotopic (exact) mass is 476 g/mol. The van der Waals surface area contributed by atoms with Crippen LogP contribution in [0, 0.1) is 21.7 Å². The van der Waals surface area contributed by atoms with Gasteiger partial charge in [-0.25, -0.2) is 13.8 Å². The minimum Gasteiger partial charge on any atom is -0.441 e. The summed E-state index contributed by atoms with van der Waals surface area (Å²) in [5, 5.41) is 11.6. The summed E-state index contributed by atoms with van der Waals surface area (Å²) >= 11 is 5.88. The molecule has 0 saturated carbocycles. The number of nitrogens with zero attached hydrogens (tertiary/aromatic N) is 4. The van der Waals surface area contributed by atoms with Crippen LogP contribution in [0.5, 0.6) is 0 Å². The van der Waals surface area contributed by atoms with E-state index in [1.165, 1.54) is 18.3 Å². The van der Waals surface area contributed by atoms with Crippen LogP contribution in [0.15, 0.2) is 47.0 Å². The van der Waals surface area contributed by atoms with E-state index in [0.29, 0.717) is 31.9 Å². The third kappa shape index (κ3) is 4.95. The molecular weight excluding hydrogens is 458 g/mol. The summed E-state index contributed by atoms with van der Waals surface area (Å²) in [5.74, 6) is -1.47. The lowest BCUT2D eigenvalue weighted by atomic mass is 10.1. The Morgan fingerprint density at radius 1 is 1.15 bits per heavy atom. The van der Waals surface area contributed by atoms with Gasteiger partial charge < -0.3 is 14.2 Å². The van der Waals surface area contributed by atoms with Gasteiger partial charge in [0, 0.05) is 50.1 Å². The number of rotatable bonds is 6. The third-order valence-corrected chi connectivity index (χ3v) is 5.66. The van der Waals surface area contributed by atoms with E-state index in [4.69, 9.17) is 16.0 Å². The number of aryl methyl sites for hydroxylation is 1. The van der Waals surface area contributed by atoms with Crippen LogP contribution in [0.25, 0.3) is 11.3 Å². The summed E-state index contributed by atoms with van der Waals surface area (Å²) in [4.78, 5) is 31.0. The lowest BCUT2D eigenvalue weighted by Gasteiger charge is -2.35. The van der Waals surface area contributed by atoms with Crippen LogP contribution in [0.1, 0.15) is 12.3 Å². The van der Waals surface area contributed by atoms with Crippen molar-refractivity contribution in [2.45, 2.75) is 12.8 Å². The summed E-state index contributed by atoms with van der Waals surface area (Å²) in [6.07, 6.45) is 1.53. The number of amides is 1. The second-order valence-electron chi connectivity index (χ2n) is 7.47. The molecule has 2 heterocycles. The molecule has 0 N–H and O–H groups in total. The quantitative estimate of drug-likeness (QED) is 0.385. The average molecular weight is 477 g/mol. The van der Waals surface area contributed by atoms with Crippen LogP contribution in [-0.4, -0.2) is 46.9 Å². The number of hydrogen-bond acceptors (Lipinski definition) is 6. The Morgan fingerprint density at radius 3 is 2.52 bits per heavy atom. The molecule has 3 aromatic rings. The summed E-state index contributed by atoms with van der Waals surface area (Å²) in [5.41, 5.74) is 0.0902. The third-order valence-electron chi connectivity index (χ3n) is 5.42. The molecule has 0 atom stereocenters. The first-order valence-electron chi connectivity index (χ1n) is 10.2. The molecular formula is C22H19ClF2N4O4. The second kappa shape index (κ2) is 9.53. The highest BCUT2D eigenvalue weighted by Crippen LogP contribution is 2.32. The zero-order valence-electron chi connectivity index (χ0n) is 17.3. The molecule has 1 amide bonds. The number of benzene rings is 2. The summed E-state index contributed by atoms with van der Waals surface area (Å²) in [7, 11) is 0. The fraction of sp³-hybridized carbons (Fsp3) is 0.273. The SMILES string of the molecule is O=C(CCc1ncc(-c2c(F)cccc2F)o1)N1CCN(c2ccc(Cl)cc2[N+](=O)[O-])CC1. The van der Waals surface area contributed by atoms with E-state index >= 15 is 0 Å². The normalized spacial score (nSPS) is 13.9. The van der Waals surface area contributed by atoms with Crippen LogP contribution in [0.2, 0.25) is 5.02 Å². The Balaban J connectivity index is 1.34. The maximum atomic E-state index is 13.9.